The summed E-state index contributed by atoms with van der Waals surface area (Å²) in [4.78, 5) is 16.9. The number of methoxy groups -OCH3 is 3. The van der Waals surface area contributed by atoms with Crippen LogP contribution in [0.25, 0.3) is 11.1 Å². The maximum Gasteiger partial charge on any atom is 0.249 e. The van der Waals surface area contributed by atoms with Crippen LogP contribution in [-0.2, 0) is 10.8 Å². The number of hydrogen-bond donors (Lipinski definition) is 1. The largest absolute Gasteiger partial charge is 0.492 e. The Hall–Kier alpha value is -2.58. The van der Waals surface area contributed by atoms with Crippen molar-refractivity contribution >= 4 is 14.2 Å². The smallest absolute Gasteiger partial charge is 0.249 e. The first-order valence-corrected chi connectivity index (χ1v) is 14.1. The third kappa shape index (κ3) is 5.86. The molecule has 0 atom stereocenters. The lowest BCUT2D eigenvalue weighted by Gasteiger charge is -2.36. The highest BCUT2D eigenvalue weighted by Gasteiger charge is 2.37. The molecule has 33 heavy (non-hydrogen) atoms. The topological polar surface area (TPSA) is 92.9 Å². The van der Waals surface area contributed by atoms with E-state index in [0.717, 1.165) is 12.8 Å². The maximum atomic E-state index is 12.7. The van der Waals surface area contributed by atoms with Crippen LogP contribution in [0.3, 0.4) is 0 Å². The molecular formula is C25H38N2O5Si. The Morgan fingerprint density at radius 2 is 1.67 bits per heavy atom. The zero-order valence-corrected chi connectivity index (χ0v) is 22.2. The summed E-state index contributed by atoms with van der Waals surface area (Å²) in [6.45, 7) is 11.9. The number of ether oxygens (including phenoxy) is 3. The van der Waals surface area contributed by atoms with E-state index in [2.05, 4.69) is 38.8 Å². The molecule has 1 aromatic carbocycles. The Balaban J connectivity index is 2.46. The van der Waals surface area contributed by atoms with Gasteiger partial charge in [-0.05, 0) is 43.5 Å². The van der Waals surface area contributed by atoms with Crippen LogP contribution in [0.2, 0.25) is 18.1 Å². The zero-order chi connectivity index (χ0) is 24.8. The van der Waals surface area contributed by atoms with E-state index in [1.54, 1.807) is 32.7 Å². The van der Waals surface area contributed by atoms with E-state index < -0.39 is 14.2 Å². The van der Waals surface area contributed by atoms with Crippen molar-refractivity contribution in [1.82, 2.24) is 4.98 Å². The highest BCUT2D eigenvalue weighted by atomic mass is 28.4. The molecule has 2 rings (SSSR count). The summed E-state index contributed by atoms with van der Waals surface area (Å²) in [6.07, 6.45) is 5.57. The fourth-order valence-electron chi connectivity index (χ4n) is 3.57. The molecule has 2 aromatic rings. The van der Waals surface area contributed by atoms with E-state index >= 15 is 0 Å². The number of benzene rings is 1. The predicted molar refractivity (Wildman–Crippen MR) is 134 cm³/mol. The number of nitrogens with zero attached hydrogens (tertiary/aromatic N) is 1. The molecule has 0 saturated carbocycles. The van der Waals surface area contributed by atoms with Gasteiger partial charge in [-0.3, -0.25) is 9.78 Å². The van der Waals surface area contributed by atoms with Crippen LogP contribution in [0.1, 0.15) is 49.5 Å². The van der Waals surface area contributed by atoms with Gasteiger partial charge in [-0.25, -0.2) is 0 Å². The number of unbranched alkanes of at least 4 members (excludes halogenated alkanes) is 1. The van der Waals surface area contributed by atoms with Crippen LogP contribution < -0.4 is 19.9 Å². The number of hydrogen-bond acceptors (Lipinski definition) is 6. The molecule has 2 N–H and O–H groups in total. The molecule has 182 valence electrons. The van der Waals surface area contributed by atoms with E-state index in [1.165, 1.54) is 7.11 Å². The van der Waals surface area contributed by atoms with Crippen LogP contribution in [0.4, 0.5) is 0 Å². The standard InChI is InChI=1S/C25H38N2O5Si/c1-25(2,3)33(7,8)32-15-10-9-13-18-20(24(26)28)19(17-12-11-14-27-16-17)22(30-5)23(31-6)21(18)29-4/h11-12,14,16H,9-10,13,15H2,1-8H3,(H2,26,28). The van der Waals surface area contributed by atoms with Gasteiger partial charge in [-0.15, -0.1) is 0 Å². The minimum absolute atomic E-state index is 0.164. The molecule has 0 unspecified atom stereocenters. The zero-order valence-electron chi connectivity index (χ0n) is 21.2. The van der Waals surface area contributed by atoms with Gasteiger partial charge in [0.2, 0.25) is 11.7 Å². The van der Waals surface area contributed by atoms with E-state index in [4.69, 9.17) is 24.4 Å². The van der Waals surface area contributed by atoms with Crippen LogP contribution in [0, 0.1) is 0 Å². The molecule has 0 aliphatic carbocycles. The minimum Gasteiger partial charge on any atom is -0.492 e. The lowest BCUT2D eigenvalue weighted by atomic mass is 9.90. The van der Waals surface area contributed by atoms with Gasteiger partial charge in [0.15, 0.2) is 19.8 Å². The fourth-order valence-corrected chi connectivity index (χ4v) is 4.66. The second-order valence-corrected chi connectivity index (χ2v) is 14.3. The van der Waals surface area contributed by atoms with Gasteiger partial charge < -0.3 is 24.4 Å². The van der Waals surface area contributed by atoms with Crippen molar-refractivity contribution < 1.29 is 23.4 Å². The molecular weight excluding hydrogens is 436 g/mol. The number of aromatic nitrogens is 1. The summed E-state index contributed by atoms with van der Waals surface area (Å²) in [5, 5.41) is 0.164. The average molecular weight is 475 g/mol. The van der Waals surface area contributed by atoms with Crippen molar-refractivity contribution in [3.63, 3.8) is 0 Å². The molecule has 7 nitrogen and oxygen atoms in total. The fraction of sp³-hybridized carbons (Fsp3) is 0.520. The van der Waals surface area contributed by atoms with E-state index in [9.17, 15) is 4.79 Å². The number of carbonyl (C=O) groups is 1. The molecule has 8 heteroatoms. The molecule has 0 saturated heterocycles. The second-order valence-electron chi connectivity index (χ2n) is 9.50. The third-order valence-corrected chi connectivity index (χ3v) is 10.9. The van der Waals surface area contributed by atoms with Crippen LogP contribution in [-0.4, -0.2) is 47.1 Å². The Morgan fingerprint density at radius 3 is 2.15 bits per heavy atom. The number of primary amides is 1. The van der Waals surface area contributed by atoms with Crippen LogP contribution >= 0.6 is 0 Å². The average Bonchev–Trinajstić information content (AvgIpc) is 2.76. The number of nitrogens with two attached hydrogens (primary N) is 1. The van der Waals surface area contributed by atoms with Gasteiger partial charge >= 0.3 is 0 Å². The quantitative estimate of drug-likeness (QED) is 0.355. The summed E-state index contributed by atoms with van der Waals surface area (Å²) in [6, 6.07) is 3.66. The molecule has 1 amide bonds. The van der Waals surface area contributed by atoms with Gasteiger partial charge in [0.25, 0.3) is 0 Å². The molecule has 0 radical (unpaired) electrons. The van der Waals surface area contributed by atoms with E-state index in [-0.39, 0.29) is 5.04 Å². The highest BCUT2D eigenvalue weighted by molar-refractivity contribution is 6.74. The third-order valence-electron chi connectivity index (χ3n) is 6.36. The Kier molecular flexibility index (Phi) is 8.91. The first-order valence-electron chi connectivity index (χ1n) is 11.2. The van der Waals surface area contributed by atoms with Crippen molar-refractivity contribution in [3.8, 4) is 28.4 Å². The summed E-state index contributed by atoms with van der Waals surface area (Å²) in [7, 11) is 2.83. The lowest BCUT2D eigenvalue weighted by Crippen LogP contribution is -2.40. The first kappa shape index (κ1) is 26.7. The number of pyridine rings is 1. The van der Waals surface area contributed by atoms with Crippen molar-refractivity contribution in [1.29, 1.82) is 0 Å². The van der Waals surface area contributed by atoms with Crippen molar-refractivity contribution in [2.45, 2.75) is 58.2 Å². The summed E-state index contributed by atoms with van der Waals surface area (Å²) >= 11 is 0. The summed E-state index contributed by atoms with van der Waals surface area (Å²) in [5.41, 5.74) is 8.24. The SMILES string of the molecule is COc1c(CCCCO[Si](C)(C)C(C)(C)C)c(C(N)=O)c(-c2cccnc2)c(OC)c1OC. The Bertz CT molecular complexity index is 956. The summed E-state index contributed by atoms with van der Waals surface area (Å²) in [5.74, 6) is 0.722. The number of amides is 1. The molecule has 1 aromatic heterocycles. The molecule has 0 fully saturated rings. The molecule has 0 bridgehead atoms. The van der Waals surface area contributed by atoms with Gasteiger partial charge in [0.1, 0.15) is 0 Å². The second kappa shape index (κ2) is 11.0. The van der Waals surface area contributed by atoms with Crippen molar-refractivity contribution in [2.75, 3.05) is 27.9 Å². The van der Waals surface area contributed by atoms with Gasteiger partial charge in [-0.2, -0.15) is 0 Å². The van der Waals surface area contributed by atoms with Gasteiger partial charge in [0.05, 0.1) is 26.9 Å². The van der Waals surface area contributed by atoms with Crippen molar-refractivity contribution in [2.24, 2.45) is 5.73 Å². The lowest BCUT2D eigenvalue weighted by molar-refractivity contribution is 0.0999. The van der Waals surface area contributed by atoms with Crippen molar-refractivity contribution in [3.05, 3.63) is 35.7 Å². The molecule has 0 aliphatic rings. The summed E-state index contributed by atoms with van der Waals surface area (Å²) < 4.78 is 23.3. The molecule has 0 spiro atoms. The maximum absolute atomic E-state index is 12.7. The number of carbonyl (C=O) groups excluding carboxylic acids is 1. The van der Waals surface area contributed by atoms with Crippen LogP contribution in [0.5, 0.6) is 17.2 Å². The Labute approximate surface area is 198 Å². The number of rotatable bonds is 11. The van der Waals surface area contributed by atoms with E-state index in [1.807, 2.05) is 6.07 Å². The first-order chi connectivity index (χ1) is 15.5. The van der Waals surface area contributed by atoms with Gasteiger partial charge in [-0.1, -0.05) is 26.8 Å². The normalized spacial score (nSPS) is 11.9. The van der Waals surface area contributed by atoms with E-state index in [0.29, 0.717) is 52.5 Å². The Morgan fingerprint density at radius 1 is 1.03 bits per heavy atom. The highest BCUT2D eigenvalue weighted by Crippen LogP contribution is 2.49. The monoisotopic (exact) mass is 474 g/mol. The molecule has 1 heterocycles. The molecule has 0 aliphatic heterocycles. The minimum atomic E-state index is -1.80. The predicted octanol–water partition coefficient (Wildman–Crippen LogP) is 5.22. The van der Waals surface area contributed by atoms with Gasteiger partial charge in [0, 0.05) is 35.7 Å². The van der Waals surface area contributed by atoms with Crippen LogP contribution in [0.15, 0.2) is 24.5 Å².